The van der Waals surface area contributed by atoms with E-state index in [2.05, 4.69) is 15.5 Å². The standard InChI is InChI=1S/C18H15N3O2/c1-23-16-6-2-4-13(10-16)12-20-21-18(22)15-7-8-17-14(11-15)5-3-9-19-17/h2-12H,1H3,(H,21,22)/b20-12-. The number of benzene rings is 2. The normalized spacial score (nSPS) is 10.8. The number of nitrogens with zero attached hydrogens (tertiary/aromatic N) is 2. The topological polar surface area (TPSA) is 63.6 Å². The third-order valence-corrected chi connectivity index (χ3v) is 3.34. The van der Waals surface area contributed by atoms with Gasteiger partial charge in [0.25, 0.3) is 5.91 Å². The lowest BCUT2D eigenvalue weighted by Crippen LogP contribution is -2.17. The fraction of sp³-hybridized carbons (Fsp3) is 0.0556. The number of fused-ring (bicyclic) bond motifs is 1. The molecule has 0 saturated heterocycles. The van der Waals surface area contributed by atoms with Gasteiger partial charge in [-0.25, -0.2) is 5.43 Å². The molecule has 23 heavy (non-hydrogen) atoms. The Bertz CT molecular complexity index is 875. The summed E-state index contributed by atoms with van der Waals surface area (Å²) >= 11 is 0. The number of ether oxygens (including phenoxy) is 1. The smallest absolute Gasteiger partial charge is 0.271 e. The minimum atomic E-state index is -0.269. The first kappa shape index (κ1) is 14.7. The summed E-state index contributed by atoms with van der Waals surface area (Å²) in [5.41, 5.74) is 4.75. The lowest BCUT2D eigenvalue weighted by atomic mass is 10.1. The van der Waals surface area contributed by atoms with Crippen molar-refractivity contribution in [2.45, 2.75) is 0 Å². The predicted molar refractivity (Wildman–Crippen MR) is 89.8 cm³/mol. The van der Waals surface area contributed by atoms with E-state index in [0.29, 0.717) is 5.56 Å². The van der Waals surface area contributed by atoms with Crippen LogP contribution >= 0.6 is 0 Å². The van der Waals surface area contributed by atoms with Gasteiger partial charge in [0.05, 0.1) is 18.8 Å². The summed E-state index contributed by atoms with van der Waals surface area (Å²) in [6.45, 7) is 0. The summed E-state index contributed by atoms with van der Waals surface area (Å²) in [7, 11) is 1.60. The third-order valence-electron chi connectivity index (χ3n) is 3.34. The van der Waals surface area contributed by atoms with Crippen molar-refractivity contribution >= 4 is 23.0 Å². The molecule has 114 valence electrons. The number of rotatable bonds is 4. The molecule has 0 aliphatic rings. The largest absolute Gasteiger partial charge is 0.497 e. The van der Waals surface area contributed by atoms with Gasteiger partial charge in [-0.15, -0.1) is 0 Å². The molecule has 0 bridgehead atoms. The number of pyridine rings is 1. The van der Waals surface area contributed by atoms with Gasteiger partial charge >= 0.3 is 0 Å². The molecule has 0 aliphatic heterocycles. The van der Waals surface area contributed by atoms with Crippen molar-refractivity contribution in [3.8, 4) is 5.75 Å². The van der Waals surface area contributed by atoms with Crippen LogP contribution in [-0.2, 0) is 0 Å². The number of hydrogen-bond donors (Lipinski definition) is 1. The van der Waals surface area contributed by atoms with Gasteiger partial charge in [-0.1, -0.05) is 18.2 Å². The van der Waals surface area contributed by atoms with Crippen LogP contribution in [0.2, 0.25) is 0 Å². The van der Waals surface area contributed by atoms with Gasteiger partial charge in [-0.2, -0.15) is 5.10 Å². The first-order chi connectivity index (χ1) is 11.3. The molecule has 0 aliphatic carbocycles. The molecule has 0 fully saturated rings. The lowest BCUT2D eigenvalue weighted by Gasteiger charge is -2.02. The van der Waals surface area contributed by atoms with Crippen molar-refractivity contribution in [2.24, 2.45) is 5.10 Å². The molecule has 3 aromatic rings. The number of carbonyl (C=O) groups is 1. The molecule has 1 aromatic heterocycles. The fourth-order valence-corrected chi connectivity index (χ4v) is 2.17. The van der Waals surface area contributed by atoms with Crippen LogP contribution in [0.15, 0.2) is 65.9 Å². The monoisotopic (exact) mass is 305 g/mol. The molecule has 5 heteroatoms. The lowest BCUT2D eigenvalue weighted by molar-refractivity contribution is 0.0955. The predicted octanol–water partition coefficient (Wildman–Crippen LogP) is 3.01. The Hall–Kier alpha value is -3.21. The van der Waals surface area contributed by atoms with Crippen molar-refractivity contribution in [1.29, 1.82) is 0 Å². The van der Waals surface area contributed by atoms with E-state index in [1.807, 2.05) is 42.5 Å². The van der Waals surface area contributed by atoms with Crippen LogP contribution in [0.5, 0.6) is 5.75 Å². The van der Waals surface area contributed by atoms with E-state index in [4.69, 9.17) is 4.74 Å². The van der Waals surface area contributed by atoms with Gasteiger partial charge in [0.2, 0.25) is 0 Å². The summed E-state index contributed by atoms with van der Waals surface area (Å²) in [4.78, 5) is 16.4. The number of carbonyl (C=O) groups excluding carboxylic acids is 1. The number of hydrogen-bond acceptors (Lipinski definition) is 4. The van der Waals surface area contributed by atoms with Crippen LogP contribution in [0.4, 0.5) is 0 Å². The molecule has 3 rings (SSSR count). The highest BCUT2D eigenvalue weighted by molar-refractivity contribution is 5.98. The van der Waals surface area contributed by atoms with Gasteiger partial charge in [0, 0.05) is 17.1 Å². The minimum absolute atomic E-state index is 0.269. The number of methoxy groups -OCH3 is 1. The third kappa shape index (κ3) is 3.52. The van der Waals surface area contributed by atoms with Crippen LogP contribution < -0.4 is 10.2 Å². The molecule has 2 aromatic carbocycles. The molecule has 0 spiro atoms. The maximum absolute atomic E-state index is 12.1. The zero-order valence-electron chi connectivity index (χ0n) is 12.6. The van der Waals surface area contributed by atoms with E-state index in [1.54, 1.807) is 31.7 Å². The summed E-state index contributed by atoms with van der Waals surface area (Å²) in [5, 5.41) is 4.89. The number of amides is 1. The molecular formula is C18H15N3O2. The highest BCUT2D eigenvalue weighted by atomic mass is 16.5. The molecule has 5 nitrogen and oxygen atoms in total. The summed E-state index contributed by atoms with van der Waals surface area (Å²) in [6, 6.07) is 16.5. The van der Waals surface area contributed by atoms with Crippen molar-refractivity contribution in [3.63, 3.8) is 0 Å². The van der Waals surface area contributed by atoms with E-state index < -0.39 is 0 Å². The van der Waals surface area contributed by atoms with Crippen molar-refractivity contribution in [1.82, 2.24) is 10.4 Å². The van der Waals surface area contributed by atoms with Gasteiger partial charge < -0.3 is 4.74 Å². The Labute approximate surface area is 133 Å². The molecule has 0 unspecified atom stereocenters. The second kappa shape index (κ2) is 6.70. The average molecular weight is 305 g/mol. The number of hydrazone groups is 1. The van der Waals surface area contributed by atoms with Crippen LogP contribution in [-0.4, -0.2) is 24.2 Å². The van der Waals surface area contributed by atoms with Crippen molar-refractivity contribution in [2.75, 3.05) is 7.11 Å². The van der Waals surface area contributed by atoms with E-state index in [0.717, 1.165) is 22.2 Å². The number of nitrogens with one attached hydrogen (secondary N) is 1. The first-order valence-corrected chi connectivity index (χ1v) is 7.08. The molecule has 1 amide bonds. The zero-order chi connectivity index (χ0) is 16.1. The maximum atomic E-state index is 12.1. The van der Waals surface area contributed by atoms with Crippen molar-refractivity contribution < 1.29 is 9.53 Å². The van der Waals surface area contributed by atoms with Crippen LogP contribution in [0.1, 0.15) is 15.9 Å². The second-order valence-corrected chi connectivity index (χ2v) is 4.89. The number of aromatic nitrogens is 1. The van der Waals surface area contributed by atoms with Crippen LogP contribution in [0, 0.1) is 0 Å². The molecule has 0 atom stereocenters. The molecule has 0 saturated carbocycles. The Morgan fingerprint density at radius 1 is 1.17 bits per heavy atom. The highest BCUT2D eigenvalue weighted by Gasteiger charge is 2.05. The second-order valence-electron chi connectivity index (χ2n) is 4.89. The van der Waals surface area contributed by atoms with E-state index in [-0.39, 0.29) is 5.91 Å². The van der Waals surface area contributed by atoms with Gasteiger partial charge in [0.15, 0.2) is 0 Å². The summed E-state index contributed by atoms with van der Waals surface area (Å²) in [6.07, 6.45) is 3.30. The van der Waals surface area contributed by atoms with Crippen LogP contribution in [0.3, 0.4) is 0 Å². The molecular weight excluding hydrogens is 290 g/mol. The zero-order valence-corrected chi connectivity index (χ0v) is 12.6. The molecule has 1 heterocycles. The van der Waals surface area contributed by atoms with Gasteiger partial charge in [-0.05, 0) is 42.0 Å². The van der Waals surface area contributed by atoms with E-state index in [1.165, 1.54) is 0 Å². The van der Waals surface area contributed by atoms with Gasteiger partial charge in [0.1, 0.15) is 5.75 Å². The quantitative estimate of drug-likeness (QED) is 0.595. The summed E-state index contributed by atoms with van der Waals surface area (Å²) < 4.78 is 5.14. The first-order valence-electron chi connectivity index (χ1n) is 7.08. The molecule has 1 N–H and O–H groups in total. The maximum Gasteiger partial charge on any atom is 0.271 e. The van der Waals surface area contributed by atoms with E-state index in [9.17, 15) is 4.79 Å². The Balaban J connectivity index is 1.71. The highest BCUT2D eigenvalue weighted by Crippen LogP contribution is 2.13. The van der Waals surface area contributed by atoms with E-state index >= 15 is 0 Å². The SMILES string of the molecule is COc1cccc(/C=N\NC(=O)c2ccc3ncccc3c2)c1. The Morgan fingerprint density at radius 3 is 2.96 bits per heavy atom. The van der Waals surface area contributed by atoms with Crippen molar-refractivity contribution in [3.05, 3.63) is 71.9 Å². The molecule has 0 radical (unpaired) electrons. The van der Waals surface area contributed by atoms with Gasteiger partial charge in [-0.3, -0.25) is 9.78 Å². The average Bonchev–Trinajstić information content (AvgIpc) is 2.61. The Kier molecular flexibility index (Phi) is 4.29. The fourth-order valence-electron chi connectivity index (χ4n) is 2.17. The Morgan fingerprint density at radius 2 is 2.09 bits per heavy atom. The summed E-state index contributed by atoms with van der Waals surface area (Å²) in [5.74, 6) is 0.470. The minimum Gasteiger partial charge on any atom is -0.497 e. The van der Waals surface area contributed by atoms with Crippen LogP contribution in [0.25, 0.3) is 10.9 Å².